The van der Waals surface area contributed by atoms with Crippen LogP contribution < -0.4 is 16.1 Å². The zero-order valence-corrected chi connectivity index (χ0v) is 26.8. The summed E-state index contributed by atoms with van der Waals surface area (Å²) in [5, 5.41) is 6.70. The van der Waals surface area contributed by atoms with Crippen molar-refractivity contribution in [2.24, 2.45) is 5.92 Å². The summed E-state index contributed by atoms with van der Waals surface area (Å²) in [6, 6.07) is 3.46. The SMILES string of the molecule is CC(C)C[C@H](NC(=O)[C@H](Cc1c[nH]c2ccccc12)N(NC(=O)OC(C)(C)C)C(=O)CN1CCCC1=O)C(=O)N[C@H]([C]=O)C[C]=O. The zero-order valence-electron chi connectivity index (χ0n) is 26.8. The van der Waals surface area contributed by atoms with Crippen LogP contribution in [0.2, 0.25) is 0 Å². The lowest BCUT2D eigenvalue weighted by molar-refractivity contribution is -0.147. The average molecular weight is 639 g/mol. The number of fused-ring (bicyclic) bond motifs is 1. The van der Waals surface area contributed by atoms with Gasteiger partial charge in [-0.1, -0.05) is 32.0 Å². The first-order valence-electron chi connectivity index (χ1n) is 15.2. The number of carbonyl (C=O) groups is 5. The van der Waals surface area contributed by atoms with E-state index in [0.717, 1.165) is 15.9 Å². The Kier molecular flexibility index (Phi) is 12.4. The van der Waals surface area contributed by atoms with Crippen molar-refractivity contribution in [3.63, 3.8) is 0 Å². The Labute approximate surface area is 267 Å². The second kappa shape index (κ2) is 16.0. The van der Waals surface area contributed by atoms with E-state index in [1.807, 2.05) is 38.1 Å². The number of hydrogen-bond donors (Lipinski definition) is 4. The molecule has 46 heavy (non-hydrogen) atoms. The molecule has 4 N–H and O–H groups in total. The highest BCUT2D eigenvalue weighted by molar-refractivity contribution is 5.95. The molecular formula is C32H42N6O8. The topological polar surface area (TPSA) is 187 Å². The number of hydrogen-bond acceptors (Lipinski definition) is 8. The van der Waals surface area contributed by atoms with Crippen molar-refractivity contribution in [2.75, 3.05) is 13.1 Å². The first-order valence-corrected chi connectivity index (χ1v) is 15.2. The Balaban J connectivity index is 2.03. The maximum atomic E-state index is 14.2. The normalized spacial score (nSPS) is 15.2. The molecular weight excluding hydrogens is 596 g/mol. The van der Waals surface area contributed by atoms with Crippen molar-refractivity contribution in [1.29, 1.82) is 0 Å². The summed E-state index contributed by atoms with van der Waals surface area (Å²) in [5.41, 5.74) is 2.90. The standard InChI is InChI=1S/C32H42N6O8/c1-20(2)15-25(29(43)34-22(19-40)12-14-39)35-30(44)26(16-21-17-33-24-10-7-6-9-23(21)24)38(36-31(45)46-32(3,4)5)28(42)18-37-13-8-11-27(37)41/h6-7,9-10,17,20,22,25-26,33H,8,11-13,15-16,18H2,1-5H3,(H,34,43)(H,35,44)(H,36,45)/t22-,25-,26-/m0/s1. The number of amides is 5. The lowest BCUT2D eigenvalue weighted by Gasteiger charge is -2.34. The van der Waals surface area contributed by atoms with Gasteiger partial charge in [-0.3, -0.25) is 28.8 Å². The average Bonchev–Trinajstić information content (AvgIpc) is 3.58. The molecule has 2 heterocycles. The van der Waals surface area contributed by atoms with E-state index in [2.05, 4.69) is 21.0 Å². The third kappa shape index (κ3) is 10.1. The number of H-pyrrole nitrogens is 1. The summed E-state index contributed by atoms with van der Waals surface area (Å²) in [5.74, 6) is -2.61. The number of aromatic nitrogens is 1. The van der Waals surface area contributed by atoms with Gasteiger partial charge in [-0.15, -0.1) is 0 Å². The number of benzene rings is 1. The van der Waals surface area contributed by atoms with E-state index in [1.165, 1.54) is 4.90 Å². The molecule has 1 saturated heterocycles. The second-order valence-electron chi connectivity index (χ2n) is 12.6. The molecule has 14 heteroatoms. The van der Waals surface area contributed by atoms with Crippen molar-refractivity contribution in [1.82, 2.24) is 31.0 Å². The number of ether oxygens (including phenoxy) is 1. The Hall–Kier alpha value is -4.75. The van der Waals surface area contributed by atoms with Gasteiger partial charge >= 0.3 is 6.09 Å². The highest BCUT2D eigenvalue weighted by atomic mass is 16.6. The van der Waals surface area contributed by atoms with Crippen LogP contribution in [0.15, 0.2) is 30.5 Å². The number of para-hydroxylation sites is 1. The highest BCUT2D eigenvalue weighted by Gasteiger charge is 2.37. The fourth-order valence-corrected chi connectivity index (χ4v) is 5.08. The van der Waals surface area contributed by atoms with Crippen LogP contribution in [-0.4, -0.2) is 94.0 Å². The number of hydrazine groups is 1. The smallest absolute Gasteiger partial charge is 0.426 e. The van der Waals surface area contributed by atoms with Gasteiger partial charge in [-0.2, -0.15) is 0 Å². The number of aromatic amines is 1. The van der Waals surface area contributed by atoms with Crippen LogP contribution in [0, 0.1) is 5.92 Å². The summed E-state index contributed by atoms with van der Waals surface area (Å²) >= 11 is 0. The Morgan fingerprint density at radius 1 is 1.09 bits per heavy atom. The van der Waals surface area contributed by atoms with E-state index < -0.39 is 60.5 Å². The number of carbonyl (C=O) groups excluding carboxylic acids is 7. The quantitative estimate of drug-likeness (QED) is 0.225. The van der Waals surface area contributed by atoms with E-state index in [-0.39, 0.29) is 31.1 Å². The molecule has 0 saturated carbocycles. The summed E-state index contributed by atoms with van der Waals surface area (Å²) in [4.78, 5) is 93.3. The molecule has 3 atom stereocenters. The third-order valence-electron chi connectivity index (χ3n) is 7.17. The largest absolute Gasteiger partial charge is 0.443 e. The minimum absolute atomic E-state index is 0.0989. The first-order chi connectivity index (χ1) is 21.7. The van der Waals surface area contributed by atoms with Gasteiger partial charge in [0.2, 0.25) is 30.3 Å². The molecule has 1 aliphatic heterocycles. The summed E-state index contributed by atoms with van der Waals surface area (Å²) < 4.78 is 5.40. The van der Waals surface area contributed by atoms with Crippen LogP contribution in [-0.2, 0) is 39.9 Å². The summed E-state index contributed by atoms with van der Waals surface area (Å²) in [6.45, 7) is 8.50. The molecule has 2 aromatic rings. The molecule has 1 fully saturated rings. The van der Waals surface area contributed by atoms with Gasteiger partial charge in [-0.05, 0) is 51.2 Å². The Morgan fingerprint density at radius 3 is 2.41 bits per heavy atom. The first kappa shape index (κ1) is 35.7. The zero-order chi connectivity index (χ0) is 34.0. The second-order valence-corrected chi connectivity index (χ2v) is 12.6. The minimum Gasteiger partial charge on any atom is -0.443 e. The number of rotatable bonds is 14. The maximum absolute atomic E-state index is 14.2. The van der Waals surface area contributed by atoms with Crippen LogP contribution in [0.25, 0.3) is 10.9 Å². The molecule has 1 aromatic carbocycles. The lowest BCUT2D eigenvalue weighted by Crippen LogP contribution is -2.62. The molecule has 2 radical (unpaired) electrons. The van der Waals surface area contributed by atoms with E-state index in [1.54, 1.807) is 39.5 Å². The number of nitrogens with one attached hydrogen (secondary N) is 4. The van der Waals surface area contributed by atoms with E-state index >= 15 is 0 Å². The van der Waals surface area contributed by atoms with E-state index in [0.29, 0.717) is 18.5 Å². The van der Waals surface area contributed by atoms with Crippen molar-refractivity contribution < 1.29 is 38.3 Å². The molecule has 0 aliphatic carbocycles. The minimum atomic E-state index is -1.42. The molecule has 248 valence electrons. The molecule has 5 amide bonds. The predicted molar refractivity (Wildman–Crippen MR) is 167 cm³/mol. The maximum Gasteiger partial charge on any atom is 0.426 e. The van der Waals surface area contributed by atoms with Gasteiger partial charge in [0.15, 0.2) is 0 Å². The van der Waals surface area contributed by atoms with E-state index in [4.69, 9.17) is 4.74 Å². The monoisotopic (exact) mass is 638 g/mol. The van der Waals surface area contributed by atoms with Crippen LogP contribution in [0.5, 0.6) is 0 Å². The molecule has 3 rings (SSSR count). The number of nitrogens with zero attached hydrogens (tertiary/aromatic N) is 2. The van der Waals surface area contributed by atoms with Gasteiger partial charge in [0.05, 0.1) is 0 Å². The molecule has 1 aliphatic rings. The van der Waals surface area contributed by atoms with Crippen LogP contribution in [0.4, 0.5) is 4.79 Å². The van der Waals surface area contributed by atoms with Gasteiger partial charge < -0.3 is 25.3 Å². The van der Waals surface area contributed by atoms with Crippen LogP contribution >= 0.6 is 0 Å². The van der Waals surface area contributed by atoms with Gasteiger partial charge in [0.25, 0.3) is 5.91 Å². The van der Waals surface area contributed by atoms with Gasteiger partial charge in [-0.25, -0.2) is 15.2 Å². The Morgan fingerprint density at radius 2 is 1.80 bits per heavy atom. The van der Waals surface area contributed by atoms with Crippen LogP contribution in [0.1, 0.15) is 65.9 Å². The molecule has 14 nitrogen and oxygen atoms in total. The van der Waals surface area contributed by atoms with Crippen molar-refractivity contribution in [3.05, 3.63) is 36.0 Å². The highest BCUT2D eigenvalue weighted by Crippen LogP contribution is 2.22. The Bertz CT molecular complexity index is 1430. The van der Waals surface area contributed by atoms with E-state index in [9.17, 15) is 33.6 Å². The van der Waals surface area contributed by atoms with Crippen molar-refractivity contribution in [2.45, 2.75) is 90.4 Å². The molecule has 0 bridgehead atoms. The van der Waals surface area contributed by atoms with Crippen molar-refractivity contribution in [3.8, 4) is 0 Å². The number of likely N-dealkylation sites (tertiary alicyclic amines) is 1. The molecule has 0 unspecified atom stereocenters. The summed E-state index contributed by atoms with van der Waals surface area (Å²) in [6.07, 6.45) is 4.27. The molecule has 0 spiro atoms. The molecule has 1 aromatic heterocycles. The lowest BCUT2D eigenvalue weighted by atomic mass is 10.00. The van der Waals surface area contributed by atoms with Gasteiger partial charge in [0.1, 0.15) is 30.3 Å². The third-order valence-corrected chi connectivity index (χ3v) is 7.17. The fourth-order valence-electron chi connectivity index (χ4n) is 5.08. The van der Waals surface area contributed by atoms with Gasteiger partial charge in [0, 0.05) is 42.9 Å². The fraction of sp³-hybridized carbons (Fsp3) is 0.531. The summed E-state index contributed by atoms with van der Waals surface area (Å²) in [7, 11) is 0. The van der Waals surface area contributed by atoms with Crippen LogP contribution in [0.3, 0.4) is 0 Å². The predicted octanol–water partition coefficient (Wildman–Crippen LogP) is 1.59. The van der Waals surface area contributed by atoms with Crippen molar-refractivity contribution >= 4 is 53.2 Å².